The van der Waals surface area contributed by atoms with Crippen LogP contribution in [0, 0.1) is 6.92 Å². The number of imidazole rings is 1. The van der Waals surface area contributed by atoms with Crippen molar-refractivity contribution >= 4 is 22.9 Å². The van der Waals surface area contributed by atoms with Crippen LogP contribution in [0.1, 0.15) is 30.0 Å². The number of hydrogen-bond donors (Lipinski definition) is 1. The van der Waals surface area contributed by atoms with Gasteiger partial charge in [0.1, 0.15) is 23.3 Å². The minimum absolute atomic E-state index is 0.0155. The smallest absolute Gasteiger partial charge is 0.361 e. The predicted octanol–water partition coefficient (Wildman–Crippen LogP) is 2.92. The summed E-state index contributed by atoms with van der Waals surface area (Å²) in [5, 5.41) is 6.44. The summed E-state index contributed by atoms with van der Waals surface area (Å²) in [5.41, 5.74) is -1.48. The second-order valence-corrected chi connectivity index (χ2v) is 9.02. The third kappa shape index (κ3) is 4.88. The molecule has 0 aliphatic rings. The maximum atomic E-state index is 13.4. The first-order chi connectivity index (χ1) is 18.9. The monoisotopic (exact) mass is 554 g/mol. The fourth-order valence-electron chi connectivity index (χ4n) is 4.13. The number of alkyl halides is 3. The van der Waals surface area contributed by atoms with Gasteiger partial charge in [0.25, 0.3) is 5.56 Å². The predicted molar refractivity (Wildman–Crippen MR) is 135 cm³/mol. The zero-order chi connectivity index (χ0) is 28.8. The van der Waals surface area contributed by atoms with Gasteiger partial charge in [-0.15, -0.1) is 0 Å². The Hall–Kier alpha value is -5.08. The Morgan fingerprint density at radius 3 is 2.65 bits per heavy atom. The first kappa shape index (κ1) is 26.5. The zero-order valence-electron chi connectivity index (χ0n) is 21.3. The van der Waals surface area contributed by atoms with E-state index in [-0.39, 0.29) is 34.8 Å². The molecule has 0 aromatic carbocycles. The lowest BCUT2D eigenvalue weighted by molar-refractivity contribution is -0.137. The molecule has 5 heterocycles. The van der Waals surface area contributed by atoms with Crippen molar-refractivity contribution in [3.63, 3.8) is 0 Å². The van der Waals surface area contributed by atoms with Crippen molar-refractivity contribution < 1.29 is 22.5 Å². The van der Waals surface area contributed by atoms with E-state index in [1.165, 1.54) is 53.8 Å². The SMILES string of the molecule is Cc1cc(Cn2c(=O)c3c(ncn3[C@@H](C)C(=O)Nc3cccc(-c4cncc(C(F)(F)F)c4)n3)n(C)c2=O)no1. The van der Waals surface area contributed by atoms with Gasteiger partial charge in [-0.05, 0) is 32.0 Å². The van der Waals surface area contributed by atoms with Crippen LogP contribution in [-0.4, -0.2) is 39.7 Å². The lowest BCUT2D eigenvalue weighted by atomic mass is 10.1. The van der Waals surface area contributed by atoms with Crippen LogP contribution in [0.3, 0.4) is 0 Å². The molecule has 5 aromatic heterocycles. The van der Waals surface area contributed by atoms with Crippen molar-refractivity contribution in [2.24, 2.45) is 7.05 Å². The Kier molecular flexibility index (Phi) is 6.57. The highest BCUT2D eigenvalue weighted by atomic mass is 19.4. The molecule has 206 valence electrons. The fourth-order valence-corrected chi connectivity index (χ4v) is 4.13. The van der Waals surface area contributed by atoms with Crippen molar-refractivity contribution in [3.8, 4) is 11.3 Å². The molecule has 0 aliphatic carbocycles. The van der Waals surface area contributed by atoms with Gasteiger partial charge in [0.2, 0.25) is 5.91 Å². The van der Waals surface area contributed by atoms with E-state index >= 15 is 0 Å². The van der Waals surface area contributed by atoms with Crippen molar-refractivity contribution in [1.29, 1.82) is 0 Å². The largest absolute Gasteiger partial charge is 0.417 e. The molecule has 12 nitrogen and oxygen atoms in total. The molecule has 0 spiro atoms. The summed E-state index contributed by atoms with van der Waals surface area (Å²) in [6.45, 7) is 3.05. The van der Waals surface area contributed by atoms with Gasteiger partial charge in [0, 0.05) is 31.1 Å². The van der Waals surface area contributed by atoms with Crippen molar-refractivity contribution in [2.75, 3.05) is 5.32 Å². The maximum absolute atomic E-state index is 13.4. The second kappa shape index (κ2) is 9.91. The maximum Gasteiger partial charge on any atom is 0.417 e. The van der Waals surface area contributed by atoms with Crippen molar-refractivity contribution in [1.82, 2.24) is 33.8 Å². The molecule has 1 N–H and O–H groups in total. The number of anilines is 1. The molecule has 0 saturated carbocycles. The summed E-state index contributed by atoms with van der Waals surface area (Å²) >= 11 is 0. The summed E-state index contributed by atoms with van der Waals surface area (Å²) < 4.78 is 47.8. The topological polar surface area (TPSA) is 143 Å². The third-order valence-electron chi connectivity index (χ3n) is 6.21. The molecule has 0 radical (unpaired) electrons. The van der Waals surface area contributed by atoms with Crippen LogP contribution in [0.2, 0.25) is 0 Å². The number of hydrogen-bond acceptors (Lipinski definition) is 8. The van der Waals surface area contributed by atoms with E-state index in [9.17, 15) is 27.6 Å². The van der Waals surface area contributed by atoms with E-state index in [0.717, 1.165) is 10.6 Å². The number of nitrogens with zero attached hydrogens (tertiary/aromatic N) is 7. The van der Waals surface area contributed by atoms with Gasteiger partial charge < -0.3 is 14.4 Å². The Balaban J connectivity index is 1.45. The quantitative estimate of drug-likeness (QED) is 0.338. The summed E-state index contributed by atoms with van der Waals surface area (Å²) in [7, 11) is 1.45. The number of halogens is 3. The number of aromatic nitrogens is 7. The molecule has 0 unspecified atom stereocenters. The van der Waals surface area contributed by atoms with E-state index in [0.29, 0.717) is 17.7 Å². The van der Waals surface area contributed by atoms with E-state index < -0.39 is 34.9 Å². The van der Waals surface area contributed by atoms with Crippen LogP contribution in [0.4, 0.5) is 19.0 Å². The first-order valence-electron chi connectivity index (χ1n) is 11.8. The Labute approximate surface area is 222 Å². The van der Waals surface area contributed by atoms with Gasteiger partial charge >= 0.3 is 11.9 Å². The lowest BCUT2D eigenvalue weighted by Gasteiger charge is -2.15. The number of pyridine rings is 2. The van der Waals surface area contributed by atoms with Crippen LogP contribution in [-0.2, 0) is 24.6 Å². The molecule has 5 aromatic rings. The van der Waals surface area contributed by atoms with Crippen LogP contribution >= 0.6 is 0 Å². The fraction of sp³-hybridized carbons (Fsp3) is 0.240. The van der Waals surface area contributed by atoms with E-state index in [4.69, 9.17) is 4.52 Å². The van der Waals surface area contributed by atoms with Crippen LogP contribution in [0.25, 0.3) is 22.4 Å². The molecular weight excluding hydrogens is 533 g/mol. The Morgan fingerprint density at radius 1 is 1.18 bits per heavy atom. The molecular formula is C25H21F3N8O4. The highest BCUT2D eigenvalue weighted by Crippen LogP contribution is 2.31. The second-order valence-electron chi connectivity index (χ2n) is 9.02. The van der Waals surface area contributed by atoms with Gasteiger partial charge in [-0.1, -0.05) is 11.2 Å². The summed E-state index contributed by atoms with van der Waals surface area (Å²) in [4.78, 5) is 51.5. The van der Waals surface area contributed by atoms with Gasteiger partial charge in [-0.3, -0.25) is 23.7 Å². The molecule has 1 amide bonds. The zero-order valence-corrected chi connectivity index (χ0v) is 21.3. The summed E-state index contributed by atoms with van der Waals surface area (Å²) in [5.74, 6) is -0.00118. The molecule has 40 heavy (non-hydrogen) atoms. The van der Waals surface area contributed by atoms with Gasteiger partial charge in [0.05, 0.1) is 24.1 Å². The minimum Gasteiger partial charge on any atom is -0.361 e. The standard InChI is InChI=1S/C25H21F3N8O4/c1-13-7-17(33-40-13)11-35-23(38)20-21(34(3)24(35)39)30-12-36(20)14(2)22(37)32-19-6-4-5-18(31-19)15-8-16(10-29-9-15)25(26,27)28/h4-10,12,14H,11H2,1-3H3,(H,31,32,37)/t14-/m0/s1. The molecule has 0 fully saturated rings. The molecule has 0 bridgehead atoms. The van der Waals surface area contributed by atoms with Crippen molar-refractivity contribution in [2.45, 2.75) is 32.6 Å². The first-order valence-corrected chi connectivity index (χ1v) is 11.8. The molecule has 15 heteroatoms. The van der Waals surface area contributed by atoms with Crippen LogP contribution in [0.15, 0.2) is 63.2 Å². The average Bonchev–Trinajstić information content (AvgIpc) is 3.55. The van der Waals surface area contributed by atoms with Crippen molar-refractivity contribution in [3.05, 3.63) is 86.9 Å². The molecule has 0 aliphatic heterocycles. The molecule has 0 saturated heterocycles. The molecule has 1 atom stereocenters. The van der Waals surface area contributed by atoms with Crippen LogP contribution < -0.4 is 16.6 Å². The molecule has 5 rings (SSSR count). The Bertz CT molecular complexity index is 1870. The number of nitrogens with one attached hydrogen (secondary N) is 1. The van der Waals surface area contributed by atoms with Gasteiger partial charge in [0.15, 0.2) is 11.2 Å². The lowest BCUT2D eigenvalue weighted by Crippen LogP contribution is -2.40. The van der Waals surface area contributed by atoms with E-state index in [2.05, 4.69) is 25.4 Å². The number of rotatable bonds is 6. The van der Waals surface area contributed by atoms with Crippen LogP contribution in [0.5, 0.6) is 0 Å². The summed E-state index contributed by atoms with van der Waals surface area (Å²) in [6, 6.07) is 6.00. The number of aryl methyl sites for hydroxylation is 2. The highest BCUT2D eigenvalue weighted by molar-refractivity contribution is 5.93. The highest BCUT2D eigenvalue weighted by Gasteiger charge is 2.31. The minimum atomic E-state index is -4.58. The number of carbonyl (C=O) groups excluding carboxylic acids is 1. The van der Waals surface area contributed by atoms with E-state index in [1.54, 1.807) is 13.0 Å². The summed E-state index contributed by atoms with van der Waals surface area (Å²) in [6.07, 6.45) is -1.35. The average molecular weight is 554 g/mol. The van der Waals surface area contributed by atoms with Gasteiger partial charge in [-0.25, -0.2) is 14.8 Å². The third-order valence-corrected chi connectivity index (χ3v) is 6.21. The Morgan fingerprint density at radius 2 is 1.95 bits per heavy atom. The van der Waals surface area contributed by atoms with E-state index in [1.807, 2.05) is 0 Å². The number of fused-ring (bicyclic) bond motifs is 1. The number of carbonyl (C=O) groups is 1. The van der Waals surface area contributed by atoms with Gasteiger partial charge in [-0.2, -0.15) is 13.2 Å². The number of amides is 1. The normalized spacial score (nSPS) is 12.6.